The van der Waals surface area contributed by atoms with Gasteiger partial charge in [-0.05, 0) is 42.8 Å². The maximum atomic E-state index is 14.4. The molecule has 0 spiro atoms. The molecule has 0 radical (unpaired) electrons. The summed E-state index contributed by atoms with van der Waals surface area (Å²) in [5.41, 5.74) is -1.20. The van der Waals surface area contributed by atoms with E-state index in [1.54, 1.807) is 19.1 Å². The summed E-state index contributed by atoms with van der Waals surface area (Å²) in [6.45, 7) is 1.59. The van der Waals surface area contributed by atoms with E-state index in [4.69, 9.17) is 30.5 Å². The lowest BCUT2D eigenvalue weighted by molar-refractivity contribution is -0.147. The first-order chi connectivity index (χ1) is 17.9. The zero-order chi connectivity index (χ0) is 27.8. The van der Waals surface area contributed by atoms with Crippen LogP contribution >= 0.6 is 11.6 Å². The molecule has 14 heteroatoms. The van der Waals surface area contributed by atoms with Crippen molar-refractivity contribution >= 4 is 17.6 Å². The Balaban J connectivity index is 2.05. The zero-order valence-corrected chi connectivity index (χ0v) is 20.9. The van der Waals surface area contributed by atoms with Crippen molar-refractivity contribution in [3.63, 3.8) is 0 Å². The first-order valence-corrected chi connectivity index (χ1v) is 11.5. The van der Waals surface area contributed by atoms with Crippen LogP contribution in [0, 0.1) is 0 Å². The first kappa shape index (κ1) is 27.6. The normalized spacial score (nSPS) is 17.3. The minimum atomic E-state index is -4.77. The first-order valence-electron chi connectivity index (χ1n) is 11.2. The Morgan fingerprint density at radius 3 is 2.42 bits per heavy atom. The third-order valence-corrected chi connectivity index (χ3v) is 5.95. The quantitative estimate of drug-likeness (QED) is 0.208. The van der Waals surface area contributed by atoms with Gasteiger partial charge < -0.3 is 18.9 Å². The minimum absolute atomic E-state index is 0.0194. The number of ether oxygens (including phenoxy) is 4. The van der Waals surface area contributed by atoms with Gasteiger partial charge in [-0.25, -0.2) is 0 Å². The topological polar surface area (TPSA) is 84.7 Å². The molecular weight excluding hydrogens is 541 g/mol. The number of para-hydroxylation sites is 1. The average Bonchev–Trinajstić information content (AvgIpc) is 3.26. The second-order valence-corrected chi connectivity index (χ2v) is 8.56. The molecule has 0 bridgehead atoms. The molecule has 0 aliphatic carbocycles. The number of halogens is 6. The molecule has 0 saturated carbocycles. The monoisotopic (exact) mass is 561 g/mol. The molecule has 3 aromatic rings. The lowest BCUT2D eigenvalue weighted by Crippen LogP contribution is -2.18. The summed E-state index contributed by atoms with van der Waals surface area (Å²) >= 11 is 5.30. The average molecular weight is 562 g/mol. The summed E-state index contributed by atoms with van der Waals surface area (Å²) in [6.07, 6.45) is -8.03. The van der Waals surface area contributed by atoms with Crippen molar-refractivity contribution in [3.05, 3.63) is 64.7 Å². The highest BCUT2D eigenvalue weighted by atomic mass is 35.5. The fraction of sp³-hybridized carbons (Fsp3) is 0.375. The number of rotatable bonds is 7. The van der Waals surface area contributed by atoms with Gasteiger partial charge in [-0.2, -0.15) is 22.0 Å². The van der Waals surface area contributed by atoms with Crippen LogP contribution in [0.2, 0.25) is 0 Å². The number of methoxy groups -OCH3 is 2. The van der Waals surface area contributed by atoms with Crippen molar-refractivity contribution in [3.8, 4) is 17.2 Å². The molecule has 0 unspecified atom stereocenters. The van der Waals surface area contributed by atoms with Gasteiger partial charge in [0.1, 0.15) is 12.2 Å². The van der Waals surface area contributed by atoms with Crippen molar-refractivity contribution in [2.75, 3.05) is 20.8 Å². The number of hydrogen-bond donors (Lipinski definition) is 0. The van der Waals surface area contributed by atoms with Gasteiger partial charge in [-0.15, -0.1) is 10.2 Å². The van der Waals surface area contributed by atoms with E-state index in [1.807, 2.05) is 0 Å². The molecule has 1 aliphatic heterocycles. The number of alkyl halides is 6. The predicted octanol–water partition coefficient (Wildman–Crippen LogP) is 5.71. The van der Waals surface area contributed by atoms with E-state index in [2.05, 4.69) is 10.2 Å². The lowest BCUT2D eigenvalue weighted by atomic mass is 9.96. The van der Waals surface area contributed by atoms with Gasteiger partial charge in [0.05, 0.1) is 38.5 Å². The summed E-state index contributed by atoms with van der Waals surface area (Å²) in [5.74, 6) is -1.74. The van der Waals surface area contributed by atoms with Crippen molar-refractivity contribution in [2.24, 2.45) is 0 Å². The van der Waals surface area contributed by atoms with Crippen LogP contribution in [0.5, 0.6) is 11.5 Å². The third-order valence-electron chi connectivity index (χ3n) is 5.78. The molecule has 0 amide bonds. The molecular formula is C24H21ClF5N3O5. The maximum absolute atomic E-state index is 14.4. The molecule has 1 aliphatic rings. The van der Waals surface area contributed by atoms with E-state index < -0.39 is 47.5 Å². The number of aromatic nitrogens is 3. The van der Waals surface area contributed by atoms with Crippen molar-refractivity contribution in [1.29, 1.82) is 0 Å². The van der Waals surface area contributed by atoms with Gasteiger partial charge in [0.15, 0.2) is 17.3 Å². The maximum Gasteiger partial charge on any atom is 0.416 e. The fourth-order valence-electron chi connectivity index (χ4n) is 4.24. The summed E-state index contributed by atoms with van der Waals surface area (Å²) < 4.78 is 92.9. The Labute approximate surface area is 218 Å². The van der Waals surface area contributed by atoms with Crippen molar-refractivity contribution in [2.45, 2.75) is 37.1 Å². The molecule has 204 valence electrons. The number of esters is 1. The van der Waals surface area contributed by atoms with Crippen LogP contribution in [0.15, 0.2) is 36.4 Å². The van der Waals surface area contributed by atoms with E-state index in [-0.39, 0.29) is 40.7 Å². The van der Waals surface area contributed by atoms with E-state index in [9.17, 15) is 26.7 Å². The number of fused-ring (bicyclic) bond motifs is 3. The summed E-state index contributed by atoms with van der Waals surface area (Å²) in [4.78, 5) is 12.4. The minimum Gasteiger partial charge on any atom is -0.493 e. The lowest BCUT2D eigenvalue weighted by Gasteiger charge is -2.25. The molecule has 0 saturated heterocycles. The Bertz CT molecular complexity index is 1340. The number of hydrogen-bond acceptors (Lipinski definition) is 7. The van der Waals surface area contributed by atoms with Crippen LogP contribution in [0.25, 0.3) is 5.69 Å². The number of carbonyl (C=O) groups excluding carboxylic acids is 1. The fourth-order valence-corrected chi connectivity index (χ4v) is 4.36. The predicted molar refractivity (Wildman–Crippen MR) is 123 cm³/mol. The Morgan fingerprint density at radius 1 is 1.08 bits per heavy atom. The van der Waals surface area contributed by atoms with Gasteiger partial charge in [0.25, 0.3) is 0 Å². The SMILES string of the molecule is CCOC(=O)C[C@@H]1O[C@@H](c2cccc(OC)c2OC)c2cc(C(F)(F)F)ccc2-n2c1nnc2C(F)(F)Cl. The molecule has 8 nitrogen and oxygen atoms in total. The molecule has 38 heavy (non-hydrogen) atoms. The van der Waals surface area contributed by atoms with E-state index in [0.29, 0.717) is 0 Å². The van der Waals surface area contributed by atoms with Crippen LogP contribution in [-0.4, -0.2) is 41.6 Å². The van der Waals surface area contributed by atoms with Crippen molar-refractivity contribution in [1.82, 2.24) is 14.8 Å². The molecule has 2 aromatic carbocycles. The van der Waals surface area contributed by atoms with Gasteiger partial charge >= 0.3 is 17.5 Å². The van der Waals surface area contributed by atoms with Crippen LogP contribution in [0.1, 0.15) is 53.9 Å². The molecule has 2 heterocycles. The van der Waals surface area contributed by atoms with E-state index in [1.165, 1.54) is 20.3 Å². The van der Waals surface area contributed by atoms with Crippen LogP contribution in [-0.2, 0) is 25.8 Å². The third kappa shape index (κ3) is 5.12. The molecule has 0 fully saturated rings. The van der Waals surface area contributed by atoms with E-state index >= 15 is 0 Å². The smallest absolute Gasteiger partial charge is 0.416 e. The summed E-state index contributed by atoms with van der Waals surface area (Å²) in [5, 5.41) is 3.20. The van der Waals surface area contributed by atoms with Crippen LogP contribution < -0.4 is 9.47 Å². The van der Waals surface area contributed by atoms with E-state index in [0.717, 1.165) is 22.8 Å². The molecule has 0 N–H and O–H groups in total. The zero-order valence-electron chi connectivity index (χ0n) is 20.2. The highest BCUT2D eigenvalue weighted by molar-refractivity contribution is 6.21. The largest absolute Gasteiger partial charge is 0.493 e. The number of carbonyl (C=O) groups is 1. The summed E-state index contributed by atoms with van der Waals surface area (Å²) in [6, 6.07) is 7.12. The molecule has 1 aromatic heterocycles. The Hall–Kier alpha value is -3.45. The summed E-state index contributed by atoms with van der Waals surface area (Å²) in [7, 11) is 2.69. The second-order valence-electron chi connectivity index (χ2n) is 8.08. The Kier molecular flexibility index (Phi) is 7.53. The van der Waals surface area contributed by atoms with Gasteiger partial charge in [0.2, 0.25) is 5.82 Å². The van der Waals surface area contributed by atoms with Crippen molar-refractivity contribution < 1.29 is 45.7 Å². The molecule has 2 atom stereocenters. The van der Waals surface area contributed by atoms with Gasteiger partial charge in [-0.1, -0.05) is 12.1 Å². The standard InChI is InChI=1S/C24H21ClF5N3O5/c1-4-37-18(34)11-17-21-31-32-22(23(25,26)27)33(21)15-9-8-12(24(28,29)30)10-14(15)19(38-17)13-6-5-7-16(35-2)20(13)36-3/h5-10,17,19H,4,11H2,1-3H3/t17-,19-/m0/s1. The van der Waals surface area contributed by atoms with Crippen LogP contribution in [0.3, 0.4) is 0 Å². The van der Waals surface area contributed by atoms with Gasteiger partial charge in [0, 0.05) is 11.1 Å². The highest BCUT2D eigenvalue weighted by Crippen LogP contribution is 2.48. The van der Waals surface area contributed by atoms with Crippen LogP contribution in [0.4, 0.5) is 22.0 Å². The number of nitrogens with zero attached hydrogens (tertiary/aromatic N) is 3. The Morgan fingerprint density at radius 2 is 1.82 bits per heavy atom. The van der Waals surface area contributed by atoms with Gasteiger partial charge in [-0.3, -0.25) is 9.36 Å². The molecule has 4 rings (SSSR count). The second kappa shape index (κ2) is 10.4. The highest BCUT2D eigenvalue weighted by Gasteiger charge is 2.43. The number of benzene rings is 2.